The van der Waals surface area contributed by atoms with Crippen LogP contribution >= 0.6 is 0 Å². The summed E-state index contributed by atoms with van der Waals surface area (Å²) in [6.45, 7) is 4.93. The van der Waals surface area contributed by atoms with E-state index in [0.29, 0.717) is 0 Å². The zero-order valence-electron chi connectivity index (χ0n) is 12.8. The number of likely N-dealkylation sites (tertiary alicyclic amines) is 1. The maximum Gasteiger partial charge on any atom is -0.00159 e. The molecule has 3 rings (SSSR count). The Morgan fingerprint density at radius 2 is 1.95 bits per heavy atom. The molecular weight excluding hydrogens is 244 g/mol. The fourth-order valence-corrected chi connectivity index (χ4v) is 3.85. The van der Waals surface area contributed by atoms with Gasteiger partial charge in [0.25, 0.3) is 0 Å². The van der Waals surface area contributed by atoms with Gasteiger partial charge in [0.2, 0.25) is 0 Å². The van der Waals surface area contributed by atoms with Gasteiger partial charge in [-0.25, -0.2) is 0 Å². The molecule has 0 saturated carbocycles. The maximum atomic E-state index is 3.55. The summed E-state index contributed by atoms with van der Waals surface area (Å²) in [6, 6.07) is 9.23. The minimum absolute atomic E-state index is 0.791. The van der Waals surface area contributed by atoms with Gasteiger partial charge in [-0.15, -0.1) is 0 Å². The molecule has 0 spiro atoms. The van der Waals surface area contributed by atoms with Gasteiger partial charge in [-0.3, -0.25) is 0 Å². The molecule has 0 aromatic heterocycles. The standard InChI is InChI=1S/C18H28N2/c1-20-11-8-16(9-12-20)18-7-3-2-6-17(18)13-15-5-4-10-19-14-15/h2-3,6-7,15-16,19H,4-5,8-14H2,1H3. The second kappa shape index (κ2) is 6.73. The normalized spacial score (nSPS) is 25.8. The summed E-state index contributed by atoms with van der Waals surface area (Å²) in [7, 11) is 2.25. The van der Waals surface area contributed by atoms with E-state index in [4.69, 9.17) is 0 Å². The summed E-state index contributed by atoms with van der Waals surface area (Å²) in [6.07, 6.45) is 6.68. The third-order valence-corrected chi connectivity index (χ3v) is 5.12. The Morgan fingerprint density at radius 3 is 2.70 bits per heavy atom. The topological polar surface area (TPSA) is 15.3 Å². The van der Waals surface area contributed by atoms with Crippen LogP contribution in [0, 0.1) is 5.92 Å². The highest BCUT2D eigenvalue weighted by Crippen LogP contribution is 2.31. The Hall–Kier alpha value is -0.860. The molecular formula is C18H28N2. The summed E-state index contributed by atoms with van der Waals surface area (Å²) >= 11 is 0. The molecule has 2 aliphatic heterocycles. The van der Waals surface area contributed by atoms with Crippen LogP contribution in [0.4, 0.5) is 0 Å². The molecule has 0 bridgehead atoms. The summed E-state index contributed by atoms with van der Waals surface area (Å²) in [5.41, 5.74) is 3.27. The molecule has 0 radical (unpaired) electrons. The Labute approximate surface area is 123 Å². The third kappa shape index (κ3) is 3.42. The van der Waals surface area contributed by atoms with Gasteiger partial charge in [-0.1, -0.05) is 24.3 Å². The second-order valence-corrected chi connectivity index (χ2v) is 6.69. The Kier molecular flexibility index (Phi) is 4.74. The summed E-state index contributed by atoms with van der Waals surface area (Å²) in [5.74, 6) is 1.63. The van der Waals surface area contributed by atoms with Gasteiger partial charge in [-0.05, 0) is 88.3 Å². The average molecular weight is 272 g/mol. The van der Waals surface area contributed by atoms with E-state index in [1.807, 2.05) is 0 Å². The van der Waals surface area contributed by atoms with E-state index in [1.54, 1.807) is 11.1 Å². The molecule has 2 heteroatoms. The van der Waals surface area contributed by atoms with Crippen LogP contribution in [-0.2, 0) is 6.42 Å². The summed E-state index contributed by atoms with van der Waals surface area (Å²) in [5, 5.41) is 3.55. The van der Waals surface area contributed by atoms with Crippen LogP contribution in [0.25, 0.3) is 0 Å². The highest BCUT2D eigenvalue weighted by Gasteiger charge is 2.22. The first kappa shape index (κ1) is 14.1. The van der Waals surface area contributed by atoms with Crippen LogP contribution in [-0.4, -0.2) is 38.1 Å². The number of hydrogen-bond acceptors (Lipinski definition) is 2. The van der Waals surface area contributed by atoms with Crippen LogP contribution in [0.15, 0.2) is 24.3 Å². The zero-order valence-corrected chi connectivity index (χ0v) is 12.8. The van der Waals surface area contributed by atoms with Gasteiger partial charge in [0.15, 0.2) is 0 Å². The third-order valence-electron chi connectivity index (χ3n) is 5.12. The minimum atomic E-state index is 0.791. The maximum absolute atomic E-state index is 3.55. The van der Waals surface area contributed by atoms with E-state index in [9.17, 15) is 0 Å². The average Bonchev–Trinajstić information content (AvgIpc) is 2.50. The molecule has 2 heterocycles. The van der Waals surface area contributed by atoms with Gasteiger partial charge in [0.1, 0.15) is 0 Å². The Balaban J connectivity index is 1.70. The van der Waals surface area contributed by atoms with Crippen LogP contribution in [0.1, 0.15) is 42.7 Å². The number of nitrogens with one attached hydrogen (secondary N) is 1. The molecule has 0 aliphatic carbocycles. The highest BCUT2D eigenvalue weighted by atomic mass is 15.1. The SMILES string of the molecule is CN1CCC(c2ccccc2CC2CCCNC2)CC1. The van der Waals surface area contributed by atoms with Crippen molar-refractivity contribution in [1.82, 2.24) is 10.2 Å². The predicted octanol–water partition coefficient (Wildman–Crippen LogP) is 3.04. The molecule has 1 atom stereocenters. The highest BCUT2D eigenvalue weighted by molar-refractivity contribution is 5.31. The molecule has 1 aromatic rings. The number of hydrogen-bond donors (Lipinski definition) is 1. The number of rotatable bonds is 3. The molecule has 0 amide bonds. The van der Waals surface area contributed by atoms with Gasteiger partial charge in [0, 0.05) is 0 Å². The van der Waals surface area contributed by atoms with Gasteiger partial charge in [0.05, 0.1) is 0 Å². The minimum Gasteiger partial charge on any atom is -0.316 e. The monoisotopic (exact) mass is 272 g/mol. The molecule has 20 heavy (non-hydrogen) atoms. The molecule has 2 fully saturated rings. The van der Waals surface area contributed by atoms with E-state index in [1.165, 1.54) is 58.3 Å². The van der Waals surface area contributed by atoms with Gasteiger partial charge < -0.3 is 10.2 Å². The van der Waals surface area contributed by atoms with Crippen molar-refractivity contribution in [3.63, 3.8) is 0 Å². The van der Waals surface area contributed by atoms with Crippen molar-refractivity contribution in [2.75, 3.05) is 33.2 Å². The quantitative estimate of drug-likeness (QED) is 0.910. The fraction of sp³-hybridized carbons (Fsp3) is 0.667. The van der Waals surface area contributed by atoms with E-state index in [0.717, 1.165) is 11.8 Å². The first-order valence-electron chi connectivity index (χ1n) is 8.30. The number of nitrogens with zero attached hydrogens (tertiary/aromatic N) is 1. The second-order valence-electron chi connectivity index (χ2n) is 6.69. The number of piperidine rings is 2. The number of benzene rings is 1. The fourth-order valence-electron chi connectivity index (χ4n) is 3.85. The molecule has 1 N–H and O–H groups in total. The van der Waals surface area contributed by atoms with E-state index in [2.05, 4.69) is 41.5 Å². The van der Waals surface area contributed by atoms with Crippen LogP contribution in [0.3, 0.4) is 0 Å². The van der Waals surface area contributed by atoms with E-state index in [-0.39, 0.29) is 0 Å². The first-order valence-corrected chi connectivity index (χ1v) is 8.30. The lowest BCUT2D eigenvalue weighted by Gasteiger charge is -2.31. The lowest BCUT2D eigenvalue weighted by atomic mass is 9.83. The van der Waals surface area contributed by atoms with Gasteiger partial charge >= 0.3 is 0 Å². The van der Waals surface area contributed by atoms with Crippen molar-refractivity contribution in [3.8, 4) is 0 Å². The van der Waals surface area contributed by atoms with Crippen LogP contribution in [0.5, 0.6) is 0 Å². The molecule has 1 unspecified atom stereocenters. The summed E-state index contributed by atoms with van der Waals surface area (Å²) < 4.78 is 0. The smallest absolute Gasteiger partial charge is 0.00159 e. The largest absolute Gasteiger partial charge is 0.316 e. The zero-order chi connectivity index (χ0) is 13.8. The first-order chi connectivity index (χ1) is 9.83. The molecule has 1 aromatic carbocycles. The molecule has 2 saturated heterocycles. The molecule has 110 valence electrons. The Morgan fingerprint density at radius 1 is 1.15 bits per heavy atom. The lowest BCUT2D eigenvalue weighted by molar-refractivity contribution is 0.254. The summed E-state index contributed by atoms with van der Waals surface area (Å²) in [4.78, 5) is 2.46. The van der Waals surface area contributed by atoms with Crippen molar-refractivity contribution in [1.29, 1.82) is 0 Å². The van der Waals surface area contributed by atoms with Crippen LogP contribution in [0.2, 0.25) is 0 Å². The van der Waals surface area contributed by atoms with Crippen molar-refractivity contribution >= 4 is 0 Å². The van der Waals surface area contributed by atoms with Crippen molar-refractivity contribution in [3.05, 3.63) is 35.4 Å². The predicted molar refractivity (Wildman–Crippen MR) is 85.2 cm³/mol. The molecule has 2 aliphatic rings. The Bertz CT molecular complexity index is 415. The van der Waals surface area contributed by atoms with E-state index >= 15 is 0 Å². The molecule has 2 nitrogen and oxygen atoms in total. The van der Waals surface area contributed by atoms with Crippen LogP contribution < -0.4 is 5.32 Å². The van der Waals surface area contributed by atoms with Crippen molar-refractivity contribution in [2.24, 2.45) is 5.92 Å². The van der Waals surface area contributed by atoms with E-state index < -0.39 is 0 Å². The van der Waals surface area contributed by atoms with Gasteiger partial charge in [-0.2, -0.15) is 0 Å². The van der Waals surface area contributed by atoms with Crippen molar-refractivity contribution in [2.45, 2.75) is 38.0 Å². The lowest BCUT2D eigenvalue weighted by Crippen LogP contribution is -2.32. The van der Waals surface area contributed by atoms with Crippen molar-refractivity contribution < 1.29 is 0 Å².